The van der Waals surface area contributed by atoms with E-state index in [1.165, 1.54) is 11.3 Å². The van der Waals surface area contributed by atoms with E-state index in [9.17, 15) is 9.59 Å². The zero-order valence-electron chi connectivity index (χ0n) is 12.6. The highest BCUT2D eigenvalue weighted by molar-refractivity contribution is 7.18. The molecule has 1 amide bonds. The largest absolute Gasteiger partial charge is 0.325 e. The molecule has 0 unspecified atom stereocenters. The minimum absolute atomic E-state index is 0.112. The van der Waals surface area contributed by atoms with Crippen molar-refractivity contribution in [2.24, 2.45) is 0 Å². The van der Waals surface area contributed by atoms with Gasteiger partial charge in [0.2, 0.25) is 5.91 Å². The van der Waals surface area contributed by atoms with Gasteiger partial charge in [0, 0.05) is 16.1 Å². The van der Waals surface area contributed by atoms with Crippen LogP contribution in [0.5, 0.6) is 0 Å². The number of fused-ring (bicyclic) bond motifs is 1. The van der Waals surface area contributed by atoms with Gasteiger partial charge in [-0.25, -0.2) is 4.98 Å². The molecule has 0 fully saturated rings. The van der Waals surface area contributed by atoms with Crippen LogP contribution in [-0.4, -0.2) is 21.8 Å². The second-order valence-electron chi connectivity index (χ2n) is 5.14. The van der Waals surface area contributed by atoms with Crippen LogP contribution in [-0.2, 0) is 4.79 Å². The minimum Gasteiger partial charge on any atom is -0.325 e. The molecular weight excluding hydrogens is 334 g/mol. The first-order valence-corrected chi connectivity index (χ1v) is 8.31. The molecule has 2 heterocycles. The summed E-state index contributed by atoms with van der Waals surface area (Å²) < 4.78 is 0. The highest BCUT2D eigenvalue weighted by Gasteiger charge is 2.13. The third-order valence-electron chi connectivity index (χ3n) is 3.58. The Balaban J connectivity index is 2.08. The van der Waals surface area contributed by atoms with Crippen molar-refractivity contribution >= 4 is 44.7 Å². The predicted molar refractivity (Wildman–Crippen MR) is 94.5 cm³/mol. The van der Waals surface area contributed by atoms with Gasteiger partial charge < -0.3 is 10.3 Å². The average molecular weight is 348 g/mol. The first kappa shape index (κ1) is 15.7. The van der Waals surface area contributed by atoms with Gasteiger partial charge in [-0.2, -0.15) is 0 Å². The fourth-order valence-electron chi connectivity index (χ4n) is 2.33. The van der Waals surface area contributed by atoms with Crippen LogP contribution < -0.4 is 10.9 Å². The Morgan fingerprint density at radius 3 is 2.91 bits per heavy atom. The number of nitrogens with one attached hydrogen (secondary N) is 2. The number of carbonyl (C=O) groups is 1. The smallest absolute Gasteiger partial charge is 0.260 e. The van der Waals surface area contributed by atoms with E-state index >= 15 is 0 Å². The number of H-pyrrole nitrogens is 1. The van der Waals surface area contributed by atoms with Crippen molar-refractivity contribution in [2.45, 2.75) is 13.8 Å². The van der Waals surface area contributed by atoms with E-state index in [2.05, 4.69) is 15.3 Å². The maximum Gasteiger partial charge on any atom is 0.260 e. The number of benzene rings is 1. The second-order valence-corrected chi connectivity index (χ2v) is 6.61. The first-order chi connectivity index (χ1) is 11.0. The molecule has 0 bridgehead atoms. The molecule has 2 N–H and O–H groups in total. The SMILES string of the molecule is Cc1sc2nc(-c3cccc(NC(=O)CCl)c3)[nH]c(=O)c2c1C. The molecule has 0 saturated carbocycles. The van der Waals surface area contributed by atoms with Crippen LogP contribution in [0.15, 0.2) is 29.1 Å². The number of anilines is 1. The van der Waals surface area contributed by atoms with Gasteiger partial charge in [-0.3, -0.25) is 9.59 Å². The maximum atomic E-state index is 12.3. The van der Waals surface area contributed by atoms with Gasteiger partial charge in [-0.1, -0.05) is 12.1 Å². The molecule has 0 aliphatic carbocycles. The fraction of sp³-hybridized carbons (Fsp3) is 0.188. The number of nitrogens with zero attached hydrogens (tertiary/aromatic N) is 1. The van der Waals surface area contributed by atoms with Crippen LogP contribution >= 0.6 is 22.9 Å². The Hall–Kier alpha value is -2.18. The van der Waals surface area contributed by atoms with E-state index in [1.807, 2.05) is 19.9 Å². The highest BCUT2D eigenvalue weighted by atomic mass is 35.5. The molecule has 3 aromatic rings. The Bertz CT molecular complexity index is 962. The highest BCUT2D eigenvalue weighted by Crippen LogP contribution is 2.28. The van der Waals surface area contributed by atoms with Gasteiger partial charge in [-0.05, 0) is 31.5 Å². The van der Waals surface area contributed by atoms with Crippen LogP contribution in [0.1, 0.15) is 10.4 Å². The quantitative estimate of drug-likeness (QED) is 0.712. The molecule has 0 aliphatic heterocycles. The summed E-state index contributed by atoms with van der Waals surface area (Å²) in [7, 11) is 0. The van der Waals surface area contributed by atoms with Gasteiger partial charge in [0.25, 0.3) is 5.56 Å². The number of aryl methyl sites for hydroxylation is 2. The van der Waals surface area contributed by atoms with E-state index in [1.54, 1.807) is 18.2 Å². The molecule has 0 atom stereocenters. The molecule has 118 valence electrons. The monoisotopic (exact) mass is 347 g/mol. The third kappa shape index (κ3) is 3.00. The van der Waals surface area contributed by atoms with Gasteiger partial charge in [0.05, 0.1) is 5.39 Å². The number of aromatic amines is 1. The molecule has 0 aliphatic rings. The lowest BCUT2D eigenvalue weighted by Crippen LogP contribution is -2.12. The van der Waals surface area contributed by atoms with Gasteiger partial charge in [-0.15, -0.1) is 22.9 Å². The summed E-state index contributed by atoms with van der Waals surface area (Å²) in [4.78, 5) is 32.9. The van der Waals surface area contributed by atoms with Crippen molar-refractivity contribution in [1.82, 2.24) is 9.97 Å². The lowest BCUT2D eigenvalue weighted by Gasteiger charge is -2.06. The van der Waals surface area contributed by atoms with Crippen molar-refractivity contribution in [2.75, 3.05) is 11.2 Å². The van der Waals surface area contributed by atoms with Crippen molar-refractivity contribution in [1.29, 1.82) is 0 Å². The van der Waals surface area contributed by atoms with Gasteiger partial charge in [0.1, 0.15) is 16.5 Å². The summed E-state index contributed by atoms with van der Waals surface area (Å²) in [6.07, 6.45) is 0. The molecule has 0 spiro atoms. The number of alkyl halides is 1. The summed E-state index contributed by atoms with van der Waals surface area (Å²) >= 11 is 6.99. The number of aromatic nitrogens is 2. The standard InChI is InChI=1S/C16H14ClN3O2S/c1-8-9(2)23-16-13(8)15(22)19-14(20-16)10-4-3-5-11(6-10)18-12(21)7-17/h3-6H,7H2,1-2H3,(H,18,21)(H,19,20,22). The molecule has 0 saturated heterocycles. The number of hydrogen-bond donors (Lipinski definition) is 2. The number of thiophene rings is 1. The molecular formula is C16H14ClN3O2S. The van der Waals surface area contributed by atoms with Crippen LogP contribution in [0, 0.1) is 13.8 Å². The van der Waals surface area contributed by atoms with E-state index in [-0.39, 0.29) is 17.3 Å². The number of rotatable bonds is 3. The molecule has 3 rings (SSSR count). The lowest BCUT2D eigenvalue weighted by atomic mass is 10.1. The zero-order valence-corrected chi connectivity index (χ0v) is 14.1. The van der Waals surface area contributed by atoms with Crippen LogP contribution in [0.3, 0.4) is 0 Å². The van der Waals surface area contributed by atoms with Crippen LogP contribution in [0.2, 0.25) is 0 Å². The summed E-state index contributed by atoms with van der Waals surface area (Å²) in [5.74, 6) is 0.0786. The van der Waals surface area contributed by atoms with E-state index < -0.39 is 0 Å². The lowest BCUT2D eigenvalue weighted by molar-refractivity contribution is -0.113. The summed E-state index contributed by atoms with van der Waals surface area (Å²) in [5, 5.41) is 3.32. The Kier molecular flexibility index (Phi) is 4.19. The molecule has 2 aromatic heterocycles. The Morgan fingerprint density at radius 1 is 1.39 bits per heavy atom. The Labute approximate surface area is 141 Å². The molecule has 0 radical (unpaired) electrons. The predicted octanol–water partition coefficient (Wildman–Crippen LogP) is 3.45. The molecule has 23 heavy (non-hydrogen) atoms. The number of halogens is 1. The van der Waals surface area contributed by atoms with E-state index in [0.29, 0.717) is 21.7 Å². The van der Waals surface area contributed by atoms with Crippen molar-refractivity contribution in [3.63, 3.8) is 0 Å². The summed E-state index contributed by atoms with van der Waals surface area (Å²) in [5.41, 5.74) is 2.14. The molecule has 1 aromatic carbocycles. The van der Waals surface area contributed by atoms with E-state index in [4.69, 9.17) is 11.6 Å². The van der Waals surface area contributed by atoms with Gasteiger partial charge in [0.15, 0.2) is 0 Å². The molecule has 7 heteroatoms. The first-order valence-electron chi connectivity index (χ1n) is 6.96. The van der Waals surface area contributed by atoms with Crippen molar-refractivity contribution in [3.05, 3.63) is 45.1 Å². The summed E-state index contributed by atoms with van der Waals surface area (Å²) in [6.45, 7) is 3.90. The third-order valence-corrected chi connectivity index (χ3v) is 4.92. The van der Waals surface area contributed by atoms with E-state index in [0.717, 1.165) is 16.0 Å². The fourth-order valence-corrected chi connectivity index (χ4v) is 3.43. The second kappa shape index (κ2) is 6.14. The summed E-state index contributed by atoms with van der Waals surface area (Å²) in [6, 6.07) is 7.12. The number of hydrogen-bond acceptors (Lipinski definition) is 4. The van der Waals surface area contributed by atoms with Crippen molar-refractivity contribution in [3.8, 4) is 11.4 Å². The van der Waals surface area contributed by atoms with Crippen molar-refractivity contribution < 1.29 is 4.79 Å². The molecule has 5 nitrogen and oxygen atoms in total. The maximum absolute atomic E-state index is 12.3. The zero-order chi connectivity index (χ0) is 16.6. The normalized spacial score (nSPS) is 10.9. The average Bonchev–Trinajstić information content (AvgIpc) is 2.82. The van der Waals surface area contributed by atoms with Crippen LogP contribution in [0.4, 0.5) is 5.69 Å². The van der Waals surface area contributed by atoms with Crippen LogP contribution in [0.25, 0.3) is 21.6 Å². The van der Waals surface area contributed by atoms with Gasteiger partial charge >= 0.3 is 0 Å². The Morgan fingerprint density at radius 2 is 2.17 bits per heavy atom. The topological polar surface area (TPSA) is 74.8 Å². The minimum atomic E-state index is -0.287. The number of amides is 1. The number of carbonyl (C=O) groups excluding carboxylic acids is 1.